The van der Waals surface area contributed by atoms with Gasteiger partial charge >= 0.3 is 5.97 Å². The Morgan fingerprint density at radius 3 is 2.17 bits per heavy atom. The lowest BCUT2D eigenvalue weighted by Gasteiger charge is -2.20. The highest BCUT2D eigenvalue weighted by Crippen LogP contribution is 2.44. The average Bonchev–Trinajstić information content (AvgIpc) is 2.68. The second kappa shape index (κ2) is 5.65. The SMILES string of the molecule is CC1(O)OC(=O)C(c2c(F)cc(F)cc2F)=C1c1ccc(Cl)cc1. The highest BCUT2D eigenvalue weighted by molar-refractivity contribution is 6.31. The maximum Gasteiger partial charge on any atom is 0.342 e. The number of rotatable bonds is 2. The second-order valence-electron chi connectivity index (χ2n) is 5.37. The molecule has 1 atom stereocenters. The molecular formula is C17H10ClF3O3. The van der Waals surface area contributed by atoms with Crippen LogP contribution in [0.2, 0.25) is 5.02 Å². The average molecular weight is 355 g/mol. The molecule has 2 aromatic carbocycles. The molecule has 1 aliphatic rings. The maximum absolute atomic E-state index is 14.1. The molecule has 124 valence electrons. The number of benzene rings is 2. The van der Waals surface area contributed by atoms with Gasteiger partial charge in [-0.15, -0.1) is 0 Å². The highest BCUT2D eigenvalue weighted by Gasteiger charge is 2.45. The summed E-state index contributed by atoms with van der Waals surface area (Å²) in [6, 6.07) is 6.80. The van der Waals surface area contributed by atoms with E-state index in [1.807, 2.05) is 0 Å². The summed E-state index contributed by atoms with van der Waals surface area (Å²) in [5.41, 5.74) is -1.11. The van der Waals surface area contributed by atoms with Crippen molar-refractivity contribution in [2.75, 3.05) is 0 Å². The smallest absolute Gasteiger partial charge is 0.342 e. The molecule has 2 aromatic rings. The fraction of sp³-hybridized carbons (Fsp3) is 0.118. The monoisotopic (exact) mass is 354 g/mol. The number of cyclic esters (lactones) is 1. The molecule has 0 fully saturated rings. The van der Waals surface area contributed by atoms with Gasteiger partial charge in [-0.3, -0.25) is 0 Å². The van der Waals surface area contributed by atoms with Crippen molar-refractivity contribution in [2.45, 2.75) is 12.7 Å². The molecule has 1 aliphatic heterocycles. The molecule has 1 N–H and O–H groups in total. The zero-order valence-corrected chi connectivity index (χ0v) is 13.0. The largest absolute Gasteiger partial charge is 0.425 e. The van der Waals surface area contributed by atoms with E-state index in [0.29, 0.717) is 17.2 Å². The van der Waals surface area contributed by atoms with E-state index in [1.165, 1.54) is 31.2 Å². The first-order valence-corrected chi connectivity index (χ1v) is 7.20. The van der Waals surface area contributed by atoms with Crippen LogP contribution in [0.1, 0.15) is 18.1 Å². The molecule has 0 amide bonds. The topological polar surface area (TPSA) is 46.5 Å². The predicted molar refractivity (Wildman–Crippen MR) is 81.3 cm³/mol. The van der Waals surface area contributed by atoms with Gasteiger partial charge < -0.3 is 9.84 Å². The van der Waals surface area contributed by atoms with Crippen LogP contribution in [0.3, 0.4) is 0 Å². The van der Waals surface area contributed by atoms with Gasteiger partial charge in [-0.2, -0.15) is 0 Å². The molecule has 0 aromatic heterocycles. The third-order valence-electron chi connectivity index (χ3n) is 3.60. The zero-order chi connectivity index (χ0) is 17.6. The first kappa shape index (κ1) is 16.5. The van der Waals surface area contributed by atoms with Gasteiger partial charge in [-0.05, 0) is 17.7 Å². The first-order valence-electron chi connectivity index (χ1n) is 6.82. The van der Waals surface area contributed by atoms with Crippen molar-refractivity contribution in [3.63, 3.8) is 0 Å². The summed E-state index contributed by atoms with van der Waals surface area (Å²) in [5.74, 6) is -6.89. The quantitative estimate of drug-likeness (QED) is 0.831. The lowest BCUT2D eigenvalue weighted by molar-refractivity contribution is -0.169. The van der Waals surface area contributed by atoms with E-state index in [-0.39, 0.29) is 11.1 Å². The Morgan fingerprint density at radius 2 is 1.62 bits per heavy atom. The minimum atomic E-state index is -2.10. The molecule has 0 aliphatic carbocycles. The fourth-order valence-electron chi connectivity index (χ4n) is 2.65. The van der Waals surface area contributed by atoms with E-state index in [9.17, 15) is 23.1 Å². The minimum Gasteiger partial charge on any atom is -0.425 e. The summed E-state index contributed by atoms with van der Waals surface area (Å²) >= 11 is 5.80. The van der Waals surface area contributed by atoms with Crippen LogP contribution in [-0.4, -0.2) is 16.9 Å². The molecule has 3 nitrogen and oxygen atoms in total. The fourth-order valence-corrected chi connectivity index (χ4v) is 2.78. The van der Waals surface area contributed by atoms with Crippen molar-refractivity contribution in [1.29, 1.82) is 0 Å². The molecule has 24 heavy (non-hydrogen) atoms. The molecular weight excluding hydrogens is 345 g/mol. The number of ether oxygens (including phenoxy) is 1. The predicted octanol–water partition coefficient (Wildman–Crippen LogP) is 3.93. The Bertz CT molecular complexity index is 850. The summed E-state index contributed by atoms with van der Waals surface area (Å²) in [4.78, 5) is 12.1. The lowest BCUT2D eigenvalue weighted by Crippen LogP contribution is -2.26. The highest BCUT2D eigenvalue weighted by atomic mass is 35.5. The van der Waals surface area contributed by atoms with Crippen molar-refractivity contribution in [1.82, 2.24) is 0 Å². The van der Waals surface area contributed by atoms with E-state index in [0.717, 1.165) is 0 Å². The van der Waals surface area contributed by atoms with E-state index < -0.39 is 40.3 Å². The third kappa shape index (κ3) is 2.68. The number of esters is 1. The van der Waals surface area contributed by atoms with Gasteiger partial charge in [0.15, 0.2) is 0 Å². The second-order valence-corrected chi connectivity index (χ2v) is 5.81. The standard InChI is InChI=1S/C17H10ClF3O3/c1-17(23)15(8-2-4-9(18)5-3-8)14(16(22)24-17)13-11(20)6-10(19)7-12(13)21/h2-7,23H,1H3. The van der Waals surface area contributed by atoms with Crippen LogP contribution in [0, 0.1) is 17.5 Å². The molecule has 0 spiro atoms. The van der Waals surface area contributed by atoms with Crippen LogP contribution in [-0.2, 0) is 9.53 Å². The van der Waals surface area contributed by atoms with Gasteiger partial charge in [-0.25, -0.2) is 18.0 Å². The number of carbonyl (C=O) groups is 1. The molecule has 0 saturated heterocycles. The van der Waals surface area contributed by atoms with Crippen LogP contribution < -0.4 is 0 Å². The number of hydrogen-bond acceptors (Lipinski definition) is 3. The van der Waals surface area contributed by atoms with Gasteiger partial charge in [0.05, 0.1) is 11.1 Å². The van der Waals surface area contributed by atoms with Gasteiger partial charge in [-0.1, -0.05) is 23.7 Å². The summed E-state index contributed by atoms with van der Waals surface area (Å²) < 4.78 is 46.2. The molecule has 0 bridgehead atoms. The number of carbonyl (C=O) groups excluding carboxylic acids is 1. The normalized spacial score (nSPS) is 20.5. The first-order chi connectivity index (χ1) is 11.2. The minimum absolute atomic E-state index is 0.131. The Hall–Kier alpha value is -2.31. The molecule has 7 heteroatoms. The van der Waals surface area contributed by atoms with Crippen LogP contribution >= 0.6 is 11.6 Å². The Balaban J connectivity index is 2.34. The molecule has 1 heterocycles. The van der Waals surface area contributed by atoms with Gasteiger partial charge in [0.1, 0.15) is 17.5 Å². The van der Waals surface area contributed by atoms with Crippen molar-refractivity contribution >= 4 is 28.7 Å². The molecule has 1 unspecified atom stereocenters. The van der Waals surface area contributed by atoms with Gasteiger partial charge in [0.25, 0.3) is 0 Å². The van der Waals surface area contributed by atoms with Gasteiger partial charge in [0.2, 0.25) is 5.79 Å². The Labute approximate surface area is 139 Å². The van der Waals surface area contributed by atoms with E-state index in [4.69, 9.17) is 16.3 Å². The van der Waals surface area contributed by atoms with Crippen LogP contribution in [0.4, 0.5) is 13.2 Å². The van der Waals surface area contributed by atoms with Crippen LogP contribution in [0.5, 0.6) is 0 Å². The van der Waals surface area contributed by atoms with Crippen molar-refractivity contribution in [2.24, 2.45) is 0 Å². The molecule has 3 rings (SSSR count). The van der Waals surface area contributed by atoms with E-state index >= 15 is 0 Å². The molecule has 0 radical (unpaired) electrons. The van der Waals surface area contributed by atoms with Crippen molar-refractivity contribution in [3.8, 4) is 0 Å². The number of halogens is 4. The van der Waals surface area contributed by atoms with Crippen molar-refractivity contribution < 1.29 is 27.8 Å². The summed E-state index contributed by atoms with van der Waals surface area (Å²) in [6.07, 6.45) is 0. The zero-order valence-electron chi connectivity index (χ0n) is 12.2. The Morgan fingerprint density at radius 1 is 1.08 bits per heavy atom. The third-order valence-corrected chi connectivity index (χ3v) is 3.85. The van der Waals surface area contributed by atoms with Crippen LogP contribution in [0.15, 0.2) is 36.4 Å². The summed E-state index contributed by atoms with van der Waals surface area (Å²) in [5, 5.41) is 10.8. The summed E-state index contributed by atoms with van der Waals surface area (Å²) in [7, 11) is 0. The lowest BCUT2D eigenvalue weighted by atomic mass is 9.91. The van der Waals surface area contributed by atoms with Crippen molar-refractivity contribution in [3.05, 3.63) is 70.0 Å². The summed E-state index contributed by atoms with van der Waals surface area (Å²) in [6.45, 7) is 1.17. The van der Waals surface area contributed by atoms with E-state index in [2.05, 4.69) is 0 Å². The Kier molecular flexibility index (Phi) is 3.89. The number of aliphatic hydroxyl groups is 1. The van der Waals surface area contributed by atoms with Crippen LogP contribution in [0.25, 0.3) is 11.1 Å². The maximum atomic E-state index is 14.1. The molecule has 0 saturated carbocycles. The van der Waals surface area contributed by atoms with Gasteiger partial charge in [0, 0.05) is 29.7 Å². The number of hydrogen-bond donors (Lipinski definition) is 1. The van der Waals surface area contributed by atoms with E-state index in [1.54, 1.807) is 0 Å².